The summed E-state index contributed by atoms with van der Waals surface area (Å²) in [5.41, 5.74) is 4.61. The van der Waals surface area contributed by atoms with Crippen LogP contribution in [-0.4, -0.2) is 31.6 Å². The number of amides is 2. The van der Waals surface area contributed by atoms with Gasteiger partial charge in [0.15, 0.2) is 6.61 Å². The number of hydrogen-bond acceptors (Lipinski definition) is 4. The lowest BCUT2D eigenvalue weighted by molar-refractivity contribution is -0.130. The Morgan fingerprint density at radius 3 is 2.52 bits per heavy atom. The summed E-state index contributed by atoms with van der Waals surface area (Å²) in [5, 5.41) is 2.14. The molecule has 0 radical (unpaired) electrons. The smallest absolute Gasteiger partial charge is 0.276 e. The third-order valence-corrected chi connectivity index (χ3v) is 3.11. The topological polar surface area (TPSA) is 76.7 Å². The average molecular weight is 316 g/mol. The van der Waals surface area contributed by atoms with Crippen molar-refractivity contribution in [1.29, 1.82) is 0 Å². The summed E-state index contributed by atoms with van der Waals surface area (Å²) >= 11 is 0. The molecule has 0 aliphatic heterocycles. The van der Waals surface area contributed by atoms with Crippen molar-refractivity contribution >= 4 is 22.6 Å². The molecule has 2 aromatic rings. The second-order valence-electron chi connectivity index (χ2n) is 4.84. The fourth-order valence-corrected chi connectivity index (χ4v) is 1.95. The third kappa shape index (κ3) is 5.60. The number of carbonyl (C=O) groups is 2. The lowest BCUT2D eigenvalue weighted by Gasteiger charge is -2.09. The molecule has 2 rings (SSSR count). The van der Waals surface area contributed by atoms with Gasteiger partial charge in [-0.3, -0.25) is 20.4 Å². The van der Waals surface area contributed by atoms with E-state index < -0.39 is 5.91 Å². The quantitative estimate of drug-likeness (QED) is 0.603. The van der Waals surface area contributed by atoms with Crippen molar-refractivity contribution in [2.24, 2.45) is 0 Å². The molecule has 0 aliphatic rings. The van der Waals surface area contributed by atoms with Crippen molar-refractivity contribution in [3.8, 4) is 5.75 Å². The first-order valence-corrected chi connectivity index (χ1v) is 7.46. The number of benzene rings is 2. The van der Waals surface area contributed by atoms with Gasteiger partial charge in [0.1, 0.15) is 5.75 Å². The number of carbonyl (C=O) groups excluding carboxylic acids is 2. The molecule has 122 valence electrons. The molecule has 0 aliphatic carbocycles. The SMILES string of the molecule is CCOCCC(=O)NNC(=O)COc1ccc2ccccc2c1. The first-order chi connectivity index (χ1) is 11.2. The third-order valence-electron chi connectivity index (χ3n) is 3.11. The number of rotatable bonds is 7. The second kappa shape index (κ2) is 8.75. The van der Waals surface area contributed by atoms with E-state index in [0.29, 0.717) is 19.0 Å². The molecule has 6 heteroatoms. The lowest BCUT2D eigenvalue weighted by atomic mass is 10.1. The molecular formula is C17H20N2O4. The van der Waals surface area contributed by atoms with Crippen LogP contribution in [0.2, 0.25) is 0 Å². The zero-order valence-corrected chi connectivity index (χ0v) is 13.0. The number of hydrogen-bond donors (Lipinski definition) is 2. The van der Waals surface area contributed by atoms with Crippen molar-refractivity contribution in [2.75, 3.05) is 19.8 Å². The summed E-state index contributed by atoms with van der Waals surface area (Å²) < 4.78 is 10.5. The predicted octanol–water partition coefficient (Wildman–Crippen LogP) is 1.79. The number of ether oxygens (including phenoxy) is 2. The van der Waals surface area contributed by atoms with Crippen LogP contribution in [0.15, 0.2) is 42.5 Å². The highest BCUT2D eigenvalue weighted by Gasteiger charge is 2.06. The van der Waals surface area contributed by atoms with E-state index in [0.717, 1.165) is 10.8 Å². The average Bonchev–Trinajstić information content (AvgIpc) is 2.58. The van der Waals surface area contributed by atoms with Crippen LogP contribution in [0.3, 0.4) is 0 Å². The highest BCUT2D eigenvalue weighted by Crippen LogP contribution is 2.20. The van der Waals surface area contributed by atoms with Crippen molar-refractivity contribution < 1.29 is 19.1 Å². The molecule has 0 atom stereocenters. The standard InChI is InChI=1S/C17H20N2O4/c1-2-22-10-9-16(20)18-19-17(21)12-23-15-8-7-13-5-3-4-6-14(13)11-15/h3-8,11H,2,9-10,12H2,1H3,(H,18,20)(H,19,21). The van der Waals surface area contributed by atoms with Crippen LogP contribution in [0, 0.1) is 0 Å². The molecule has 0 bridgehead atoms. The molecule has 0 spiro atoms. The highest BCUT2D eigenvalue weighted by atomic mass is 16.5. The zero-order valence-electron chi connectivity index (χ0n) is 13.0. The molecule has 0 heterocycles. The second-order valence-corrected chi connectivity index (χ2v) is 4.84. The van der Waals surface area contributed by atoms with E-state index in [-0.39, 0.29) is 18.9 Å². The van der Waals surface area contributed by atoms with Crippen molar-refractivity contribution in [3.05, 3.63) is 42.5 Å². The van der Waals surface area contributed by atoms with E-state index in [1.54, 1.807) is 6.07 Å². The van der Waals surface area contributed by atoms with Crippen LogP contribution in [0.25, 0.3) is 10.8 Å². The summed E-state index contributed by atoms with van der Waals surface area (Å²) in [6.45, 7) is 2.55. The summed E-state index contributed by atoms with van der Waals surface area (Å²) in [5.74, 6) is -0.137. The van der Waals surface area contributed by atoms with Crippen molar-refractivity contribution in [3.63, 3.8) is 0 Å². The van der Waals surface area contributed by atoms with Gasteiger partial charge in [0.05, 0.1) is 13.0 Å². The Balaban J connectivity index is 1.74. The van der Waals surface area contributed by atoms with E-state index in [9.17, 15) is 9.59 Å². The maximum absolute atomic E-state index is 11.6. The largest absolute Gasteiger partial charge is 0.484 e. The zero-order chi connectivity index (χ0) is 16.5. The Hall–Kier alpha value is -2.60. The Bertz CT molecular complexity index is 672. The summed E-state index contributed by atoms with van der Waals surface area (Å²) in [7, 11) is 0. The van der Waals surface area contributed by atoms with Gasteiger partial charge in [0.25, 0.3) is 5.91 Å². The summed E-state index contributed by atoms with van der Waals surface area (Å²) in [6.07, 6.45) is 0.194. The van der Waals surface area contributed by atoms with Crippen molar-refractivity contribution in [2.45, 2.75) is 13.3 Å². The Labute approximate surface area is 134 Å². The maximum atomic E-state index is 11.6. The van der Waals surface area contributed by atoms with Gasteiger partial charge >= 0.3 is 0 Å². The van der Waals surface area contributed by atoms with E-state index >= 15 is 0 Å². The Morgan fingerprint density at radius 2 is 1.74 bits per heavy atom. The number of fused-ring (bicyclic) bond motifs is 1. The number of nitrogens with one attached hydrogen (secondary N) is 2. The Kier molecular flexibility index (Phi) is 6.38. The van der Waals surface area contributed by atoms with Gasteiger partial charge in [0, 0.05) is 6.61 Å². The van der Waals surface area contributed by atoms with Crippen LogP contribution in [0.5, 0.6) is 5.75 Å². The molecule has 2 aromatic carbocycles. The first kappa shape index (κ1) is 16.8. The molecular weight excluding hydrogens is 296 g/mol. The fourth-order valence-electron chi connectivity index (χ4n) is 1.95. The van der Waals surface area contributed by atoms with Crippen LogP contribution in [-0.2, 0) is 14.3 Å². The summed E-state index contributed by atoms with van der Waals surface area (Å²) in [6, 6.07) is 13.5. The van der Waals surface area contributed by atoms with E-state index in [2.05, 4.69) is 10.9 Å². The van der Waals surface area contributed by atoms with E-state index in [4.69, 9.17) is 9.47 Å². The van der Waals surface area contributed by atoms with Gasteiger partial charge < -0.3 is 9.47 Å². The molecule has 6 nitrogen and oxygen atoms in total. The van der Waals surface area contributed by atoms with Crippen molar-refractivity contribution in [1.82, 2.24) is 10.9 Å². The van der Waals surface area contributed by atoms with E-state index in [1.165, 1.54) is 0 Å². The molecule has 23 heavy (non-hydrogen) atoms. The van der Waals surface area contributed by atoms with Crippen LogP contribution < -0.4 is 15.6 Å². The predicted molar refractivity (Wildman–Crippen MR) is 86.8 cm³/mol. The molecule has 0 aromatic heterocycles. The maximum Gasteiger partial charge on any atom is 0.276 e. The van der Waals surface area contributed by atoms with Crippen LogP contribution >= 0.6 is 0 Å². The van der Waals surface area contributed by atoms with E-state index in [1.807, 2.05) is 43.3 Å². The molecule has 2 amide bonds. The fraction of sp³-hybridized carbons (Fsp3) is 0.294. The number of hydrazine groups is 1. The van der Waals surface area contributed by atoms with Gasteiger partial charge in [-0.05, 0) is 29.8 Å². The monoisotopic (exact) mass is 316 g/mol. The first-order valence-electron chi connectivity index (χ1n) is 7.46. The molecule has 0 fully saturated rings. The minimum atomic E-state index is -0.428. The van der Waals surface area contributed by atoms with Gasteiger partial charge in [-0.25, -0.2) is 0 Å². The van der Waals surface area contributed by atoms with Crippen LogP contribution in [0.4, 0.5) is 0 Å². The van der Waals surface area contributed by atoms with Gasteiger partial charge in [-0.15, -0.1) is 0 Å². The van der Waals surface area contributed by atoms with Gasteiger partial charge in [-0.1, -0.05) is 30.3 Å². The summed E-state index contributed by atoms with van der Waals surface area (Å²) in [4.78, 5) is 23.0. The van der Waals surface area contributed by atoms with Gasteiger partial charge in [0.2, 0.25) is 5.91 Å². The highest BCUT2D eigenvalue weighted by molar-refractivity contribution is 5.84. The Morgan fingerprint density at radius 1 is 1.00 bits per heavy atom. The van der Waals surface area contributed by atoms with Gasteiger partial charge in [-0.2, -0.15) is 0 Å². The molecule has 0 saturated heterocycles. The molecule has 0 unspecified atom stereocenters. The minimum absolute atomic E-state index is 0.177. The minimum Gasteiger partial charge on any atom is -0.484 e. The lowest BCUT2D eigenvalue weighted by Crippen LogP contribution is -2.44. The molecule has 2 N–H and O–H groups in total. The van der Waals surface area contributed by atoms with Crippen LogP contribution in [0.1, 0.15) is 13.3 Å². The molecule has 0 saturated carbocycles. The normalized spacial score (nSPS) is 10.3.